The number of aliphatic hydroxyl groups is 1. The average molecular weight is 562 g/mol. The van der Waals surface area contributed by atoms with Gasteiger partial charge >= 0.3 is 0 Å². The molecule has 0 radical (unpaired) electrons. The number of aliphatic hydroxyl groups excluding tert-OH is 1. The smallest absolute Gasteiger partial charge is 0.251 e. The summed E-state index contributed by atoms with van der Waals surface area (Å²) in [4.78, 5) is 32.8. The minimum atomic E-state index is -0.798. The van der Waals surface area contributed by atoms with Gasteiger partial charge in [0, 0.05) is 37.2 Å². The molecule has 2 atom stereocenters. The van der Waals surface area contributed by atoms with Crippen molar-refractivity contribution in [3.8, 4) is 0 Å². The zero-order valence-electron chi connectivity index (χ0n) is 25.3. The number of hydrogen-bond donors (Lipinski definition) is 3. The minimum Gasteiger partial charge on any atom is -0.390 e. The van der Waals surface area contributed by atoms with Gasteiger partial charge in [0.15, 0.2) is 0 Å². The van der Waals surface area contributed by atoms with E-state index in [-0.39, 0.29) is 17.4 Å². The molecule has 1 aromatic heterocycles. The molecule has 0 unspecified atom stereocenters. The van der Waals surface area contributed by atoms with E-state index in [1.165, 1.54) is 6.42 Å². The summed E-state index contributed by atoms with van der Waals surface area (Å²) in [5, 5.41) is 18.1. The fraction of sp³-hybridized carbons (Fsp3) is 0.545. The first kappa shape index (κ1) is 30.7. The number of amides is 2. The van der Waals surface area contributed by atoms with Gasteiger partial charge in [0.25, 0.3) is 5.91 Å². The van der Waals surface area contributed by atoms with Gasteiger partial charge in [-0.05, 0) is 63.6 Å². The van der Waals surface area contributed by atoms with Gasteiger partial charge in [0.2, 0.25) is 5.91 Å². The number of aromatic nitrogens is 2. The first-order valence-corrected chi connectivity index (χ1v) is 15.1. The average Bonchev–Trinajstić information content (AvgIpc) is 3.56. The van der Waals surface area contributed by atoms with Gasteiger partial charge in [-0.3, -0.25) is 9.59 Å². The summed E-state index contributed by atoms with van der Waals surface area (Å²) in [6, 6.07) is 13.0. The summed E-state index contributed by atoms with van der Waals surface area (Å²) in [5.74, 6) is 0.440. The Labute approximate surface area is 244 Å². The van der Waals surface area contributed by atoms with Gasteiger partial charge in [0.05, 0.1) is 29.7 Å². The number of nitrogens with zero attached hydrogens (tertiary/aromatic N) is 3. The number of anilines is 1. The van der Waals surface area contributed by atoms with Crippen LogP contribution in [0.2, 0.25) is 0 Å². The highest BCUT2D eigenvalue weighted by Crippen LogP contribution is 2.31. The lowest BCUT2D eigenvalue weighted by Crippen LogP contribution is -2.52. The van der Waals surface area contributed by atoms with E-state index in [1.54, 1.807) is 17.3 Å². The van der Waals surface area contributed by atoms with Crippen molar-refractivity contribution < 1.29 is 14.7 Å². The van der Waals surface area contributed by atoms with Crippen LogP contribution in [0.3, 0.4) is 0 Å². The second-order valence-electron chi connectivity index (χ2n) is 12.4. The monoisotopic (exact) mass is 561 g/mol. The largest absolute Gasteiger partial charge is 0.390 e. The highest BCUT2D eigenvalue weighted by atomic mass is 16.3. The van der Waals surface area contributed by atoms with Crippen LogP contribution in [-0.2, 0) is 17.8 Å². The zero-order chi connectivity index (χ0) is 29.6. The maximum absolute atomic E-state index is 13.8. The molecule has 1 fully saturated rings. The van der Waals surface area contributed by atoms with Crippen molar-refractivity contribution >= 4 is 28.5 Å². The van der Waals surface area contributed by atoms with Crippen molar-refractivity contribution in [3.05, 3.63) is 59.9 Å². The van der Waals surface area contributed by atoms with Crippen molar-refractivity contribution in [1.82, 2.24) is 20.2 Å². The summed E-state index contributed by atoms with van der Waals surface area (Å²) in [5.41, 5.74) is 3.58. The second kappa shape index (κ2) is 13.6. The summed E-state index contributed by atoms with van der Waals surface area (Å²) >= 11 is 0. The number of benzene rings is 2. The number of carbonyl (C=O) groups is 2. The molecule has 0 bridgehead atoms. The lowest BCUT2D eigenvalue weighted by atomic mass is 9.93. The molecule has 2 heterocycles. The predicted octanol–water partition coefficient (Wildman–Crippen LogP) is 5.08. The van der Waals surface area contributed by atoms with Crippen molar-refractivity contribution in [2.75, 3.05) is 18.0 Å². The van der Waals surface area contributed by atoms with E-state index in [2.05, 4.69) is 43.3 Å². The third-order valence-corrected chi connectivity index (χ3v) is 8.12. The summed E-state index contributed by atoms with van der Waals surface area (Å²) in [7, 11) is 0. The number of β-amino-alcohol motifs (C(OH)–C–C–N with tert-alkyl or cyclic N) is 1. The van der Waals surface area contributed by atoms with Crippen LogP contribution >= 0.6 is 0 Å². The number of nitrogens with one attached hydrogen (secondary N) is 2. The molecule has 8 heteroatoms. The van der Waals surface area contributed by atoms with Crippen LogP contribution in [0, 0.1) is 5.92 Å². The Morgan fingerprint density at radius 1 is 1.17 bits per heavy atom. The van der Waals surface area contributed by atoms with Crippen LogP contribution in [-0.4, -0.2) is 57.2 Å². The Morgan fingerprint density at radius 3 is 2.59 bits per heavy atom. The fourth-order valence-corrected chi connectivity index (χ4v) is 5.60. The highest BCUT2D eigenvalue weighted by Gasteiger charge is 2.28. The predicted molar refractivity (Wildman–Crippen MR) is 165 cm³/mol. The molecule has 3 aromatic rings. The van der Waals surface area contributed by atoms with E-state index in [4.69, 9.17) is 0 Å². The van der Waals surface area contributed by atoms with Gasteiger partial charge in [-0.1, -0.05) is 57.0 Å². The third-order valence-electron chi connectivity index (χ3n) is 8.12. The van der Waals surface area contributed by atoms with E-state index in [0.29, 0.717) is 49.6 Å². The van der Waals surface area contributed by atoms with Crippen LogP contribution in [0.5, 0.6) is 0 Å². The standard InChI is InChI=1S/C33H47N5O3/c1-6-37-22-34-31-27(37)19-25(20-28(31)38-17-11-15-30(38)40)32(41)36-26(18-24-13-8-7-9-14-24)29(39)21-35-33(4,5)16-10-12-23(2)3/h7-9,13-14,19-20,22-23,26,29,35,39H,6,10-12,15-18,21H2,1-5H3,(H,36,41)/t26-,29-/m0/s1. The topological polar surface area (TPSA) is 99.5 Å². The van der Waals surface area contributed by atoms with Gasteiger partial charge in [-0.15, -0.1) is 0 Å². The number of fused-ring (bicyclic) bond motifs is 1. The zero-order valence-corrected chi connectivity index (χ0v) is 25.3. The maximum atomic E-state index is 13.8. The van der Waals surface area contributed by atoms with Gasteiger partial charge in [0.1, 0.15) is 5.52 Å². The molecule has 1 saturated heterocycles. The van der Waals surface area contributed by atoms with Gasteiger partial charge in [-0.2, -0.15) is 0 Å². The molecule has 41 heavy (non-hydrogen) atoms. The van der Waals surface area contributed by atoms with Gasteiger partial charge in [-0.25, -0.2) is 4.98 Å². The van der Waals surface area contributed by atoms with Crippen LogP contribution in [0.1, 0.15) is 82.6 Å². The summed E-state index contributed by atoms with van der Waals surface area (Å²) in [6.45, 7) is 12.5. The molecule has 8 nitrogen and oxygen atoms in total. The number of carbonyl (C=O) groups excluding carboxylic acids is 2. The molecule has 222 valence electrons. The highest BCUT2D eigenvalue weighted by molar-refractivity contribution is 6.07. The Hall–Kier alpha value is -3.23. The van der Waals surface area contributed by atoms with Crippen LogP contribution in [0.4, 0.5) is 5.69 Å². The minimum absolute atomic E-state index is 0.0503. The normalized spacial score (nSPS) is 15.6. The number of imidazole rings is 1. The summed E-state index contributed by atoms with van der Waals surface area (Å²) in [6.07, 6.45) is 6.05. The molecule has 2 amide bonds. The van der Waals surface area contributed by atoms with E-state index in [9.17, 15) is 14.7 Å². The van der Waals surface area contributed by atoms with E-state index in [0.717, 1.165) is 35.9 Å². The molecular weight excluding hydrogens is 514 g/mol. The van der Waals surface area contributed by atoms with Crippen LogP contribution in [0.25, 0.3) is 11.0 Å². The van der Waals surface area contributed by atoms with E-state index < -0.39 is 12.1 Å². The molecule has 0 saturated carbocycles. The number of hydrogen-bond acceptors (Lipinski definition) is 5. The molecule has 2 aromatic carbocycles. The molecule has 1 aliphatic rings. The lowest BCUT2D eigenvalue weighted by Gasteiger charge is -2.31. The molecule has 4 rings (SSSR count). The lowest BCUT2D eigenvalue weighted by molar-refractivity contribution is -0.117. The van der Waals surface area contributed by atoms with Crippen molar-refractivity contribution in [1.29, 1.82) is 0 Å². The quantitative estimate of drug-likeness (QED) is 0.255. The Bertz CT molecular complexity index is 1320. The molecule has 0 spiro atoms. The Balaban J connectivity index is 1.56. The SMILES string of the molecule is CCn1cnc2c(N3CCCC3=O)cc(C(=O)N[C@@H](Cc3ccccc3)[C@@H](O)CNC(C)(C)CCCC(C)C)cc21. The maximum Gasteiger partial charge on any atom is 0.251 e. The Kier molecular flexibility index (Phi) is 10.2. The number of aryl methyl sites for hydroxylation is 1. The first-order valence-electron chi connectivity index (χ1n) is 15.1. The van der Waals surface area contributed by atoms with E-state index >= 15 is 0 Å². The first-order chi connectivity index (χ1) is 19.6. The van der Waals surface area contributed by atoms with Crippen LogP contribution in [0.15, 0.2) is 48.8 Å². The van der Waals surface area contributed by atoms with Gasteiger partial charge < -0.3 is 25.2 Å². The molecule has 0 aliphatic carbocycles. The van der Waals surface area contributed by atoms with Crippen molar-refractivity contribution in [2.45, 2.75) is 97.4 Å². The summed E-state index contributed by atoms with van der Waals surface area (Å²) < 4.78 is 1.98. The fourth-order valence-electron chi connectivity index (χ4n) is 5.60. The van der Waals surface area contributed by atoms with E-state index in [1.807, 2.05) is 47.9 Å². The Morgan fingerprint density at radius 2 is 1.93 bits per heavy atom. The molecular formula is C33H47N5O3. The second-order valence-corrected chi connectivity index (χ2v) is 12.4. The van der Waals surface area contributed by atoms with Crippen molar-refractivity contribution in [3.63, 3.8) is 0 Å². The molecule has 3 N–H and O–H groups in total. The third kappa shape index (κ3) is 7.95. The number of rotatable bonds is 14. The molecule has 1 aliphatic heterocycles. The van der Waals surface area contributed by atoms with Crippen LogP contribution < -0.4 is 15.5 Å². The van der Waals surface area contributed by atoms with Crippen molar-refractivity contribution in [2.24, 2.45) is 5.92 Å².